The molecule has 2 N–H and O–H groups in total. The largest absolute Gasteiger partial charge is 0.478 e. The molecule has 1 aromatic carbocycles. The SMILES string of the molecule is O=C(O)c1cccc(CNC(=O)C2[C@@H]3[C@@H]4CC[C@H](C4)[C@H]23)c1. The number of hydrogen-bond donors (Lipinski definition) is 2. The maximum Gasteiger partial charge on any atom is 0.335 e. The number of amides is 1. The fourth-order valence-electron chi connectivity index (χ4n) is 4.80. The standard InChI is InChI=1S/C17H19NO3/c19-16(15-13-10-4-5-11(7-10)14(13)15)18-8-9-2-1-3-12(6-9)17(20)21/h1-3,6,10-11,13-15H,4-5,7-8H2,(H,18,19)(H,20,21)/t10-,11-,13-,14+,15?/m1/s1. The van der Waals surface area contributed by atoms with Crippen LogP contribution in [0.1, 0.15) is 35.2 Å². The molecule has 1 amide bonds. The van der Waals surface area contributed by atoms with Gasteiger partial charge in [-0.3, -0.25) is 4.79 Å². The Morgan fingerprint density at radius 1 is 1.19 bits per heavy atom. The van der Waals surface area contributed by atoms with Gasteiger partial charge in [0.1, 0.15) is 0 Å². The van der Waals surface area contributed by atoms with E-state index >= 15 is 0 Å². The van der Waals surface area contributed by atoms with Gasteiger partial charge >= 0.3 is 5.97 Å². The average Bonchev–Trinajstić information content (AvgIpc) is 2.93. The Bertz CT molecular complexity index is 596. The van der Waals surface area contributed by atoms with Crippen molar-refractivity contribution in [3.05, 3.63) is 35.4 Å². The summed E-state index contributed by atoms with van der Waals surface area (Å²) in [4.78, 5) is 23.2. The summed E-state index contributed by atoms with van der Waals surface area (Å²) in [6.07, 6.45) is 3.98. The monoisotopic (exact) mass is 285 g/mol. The Morgan fingerprint density at radius 2 is 1.90 bits per heavy atom. The summed E-state index contributed by atoms with van der Waals surface area (Å²) in [5, 5.41) is 12.0. The molecule has 0 saturated heterocycles. The second-order valence-electron chi connectivity index (χ2n) is 6.74. The number of nitrogens with one attached hydrogen (secondary N) is 1. The molecule has 0 aliphatic heterocycles. The number of carboxylic acids is 1. The highest BCUT2D eigenvalue weighted by Crippen LogP contribution is 2.69. The lowest BCUT2D eigenvalue weighted by atomic mass is 10.0. The van der Waals surface area contributed by atoms with Gasteiger partial charge in [-0.1, -0.05) is 12.1 Å². The second kappa shape index (κ2) is 4.58. The number of aromatic carboxylic acids is 1. The fourth-order valence-corrected chi connectivity index (χ4v) is 4.80. The van der Waals surface area contributed by atoms with Gasteiger partial charge in [0.05, 0.1) is 5.56 Å². The van der Waals surface area contributed by atoms with Crippen molar-refractivity contribution in [3.63, 3.8) is 0 Å². The van der Waals surface area contributed by atoms with Crippen molar-refractivity contribution in [1.82, 2.24) is 5.32 Å². The molecule has 3 saturated carbocycles. The zero-order valence-corrected chi connectivity index (χ0v) is 11.8. The third-order valence-electron chi connectivity index (χ3n) is 5.68. The zero-order chi connectivity index (χ0) is 14.6. The number of carbonyl (C=O) groups excluding carboxylic acids is 1. The van der Waals surface area contributed by atoms with Crippen LogP contribution in [0.4, 0.5) is 0 Å². The summed E-state index contributed by atoms with van der Waals surface area (Å²) in [6, 6.07) is 6.76. The van der Waals surface area contributed by atoms with E-state index in [1.807, 2.05) is 6.07 Å². The molecule has 5 atom stereocenters. The summed E-state index contributed by atoms with van der Waals surface area (Å²) in [5.41, 5.74) is 1.11. The fraction of sp³-hybridized carbons (Fsp3) is 0.529. The summed E-state index contributed by atoms with van der Waals surface area (Å²) >= 11 is 0. The van der Waals surface area contributed by atoms with Crippen LogP contribution in [0.2, 0.25) is 0 Å². The average molecular weight is 285 g/mol. The number of benzene rings is 1. The van der Waals surface area contributed by atoms with Gasteiger partial charge in [0.25, 0.3) is 0 Å². The molecule has 0 spiro atoms. The highest BCUT2D eigenvalue weighted by atomic mass is 16.4. The van der Waals surface area contributed by atoms with Crippen LogP contribution in [0.25, 0.3) is 0 Å². The second-order valence-corrected chi connectivity index (χ2v) is 6.74. The van der Waals surface area contributed by atoms with Gasteiger partial charge in [-0.05, 0) is 60.6 Å². The molecule has 4 rings (SSSR count). The first kappa shape index (κ1) is 12.9. The molecule has 2 bridgehead atoms. The molecule has 0 aromatic heterocycles. The number of fused-ring (bicyclic) bond motifs is 5. The van der Waals surface area contributed by atoms with Crippen LogP contribution in [-0.2, 0) is 11.3 Å². The summed E-state index contributed by atoms with van der Waals surface area (Å²) < 4.78 is 0. The first-order chi connectivity index (χ1) is 10.1. The Labute approximate surface area is 123 Å². The number of carboxylic acid groups (broad SMARTS) is 1. The number of carbonyl (C=O) groups is 2. The maximum atomic E-state index is 12.3. The van der Waals surface area contributed by atoms with Crippen molar-refractivity contribution in [2.45, 2.75) is 25.8 Å². The molecular formula is C17H19NO3. The Balaban J connectivity index is 1.36. The minimum absolute atomic E-state index is 0.169. The van der Waals surface area contributed by atoms with E-state index in [0.29, 0.717) is 18.4 Å². The van der Waals surface area contributed by atoms with Crippen LogP contribution >= 0.6 is 0 Å². The van der Waals surface area contributed by atoms with Gasteiger partial charge in [-0.15, -0.1) is 0 Å². The minimum Gasteiger partial charge on any atom is -0.478 e. The van der Waals surface area contributed by atoms with E-state index in [1.54, 1.807) is 18.2 Å². The van der Waals surface area contributed by atoms with Crippen molar-refractivity contribution >= 4 is 11.9 Å². The van der Waals surface area contributed by atoms with E-state index in [2.05, 4.69) is 5.32 Å². The molecule has 1 aromatic rings. The first-order valence-electron chi connectivity index (χ1n) is 7.75. The molecule has 4 heteroatoms. The predicted molar refractivity (Wildman–Crippen MR) is 76.5 cm³/mol. The van der Waals surface area contributed by atoms with E-state index in [4.69, 9.17) is 5.11 Å². The Morgan fingerprint density at radius 3 is 2.57 bits per heavy atom. The quantitative estimate of drug-likeness (QED) is 0.892. The molecule has 3 fully saturated rings. The Kier molecular flexibility index (Phi) is 2.81. The van der Waals surface area contributed by atoms with Gasteiger partial charge in [0.2, 0.25) is 5.91 Å². The predicted octanol–water partition coefficient (Wildman–Crippen LogP) is 2.29. The lowest BCUT2D eigenvalue weighted by Crippen LogP contribution is -2.27. The molecule has 0 heterocycles. The van der Waals surface area contributed by atoms with Crippen molar-refractivity contribution in [1.29, 1.82) is 0 Å². The molecule has 21 heavy (non-hydrogen) atoms. The van der Waals surface area contributed by atoms with E-state index in [1.165, 1.54) is 19.3 Å². The first-order valence-corrected chi connectivity index (χ1v) is 7.75. The smallest absolute Gasteiger partial charge is 0.335 e. The van der Waals surface area contributed by atoms with E-state index in [9.17, 15) is 9.59 Å². The van der Waals surface area contributed by atoms with E-state index < -0.39 is 5.97 Å². The molecule has 4 nitrogen and oxygen atoms in total. The van der Waals surface area contributed by atoms with Crippen LogP contribution < -0.4 is 5.32 Å². The van der Waals surface area contributed by atoms with E-state index in [-0.39, 0.29) is 17.4 Å². The van der Waals surface area contributed by atoms with Crippen LogP contribution in [0, 0.1) is 29.6 Å². The van der Waals surface area contributed by atoms with Gasteiger partial charge in [-0.2, -0.15) is 0 Å². The maximum absolute atomic E-state index is 12.3. The van der Waals surface area contributed by atoms with Crippen LogP contribution in [0.3, 0.4) is 0 Å². The molecular weight excluding hydrogens is 266 g/mol. The lowest BCUT2D eigenvalue weighted by molar-refractivity contribution is -0.123. The summed E-state index contributed by atoms with van der Waals surface area (Å²) in [5.74, 6) is 2.36. The number of hydrogen-bond acceptors (Lipinski definition) is 2. The molecule has 1 unspecified atom stereocenters. The van der Waals surface area contributed by atoms with Crippen molar-refractivity contribution in [2.24, 2.45) is 29.6 Å². The summed E-state index contributed by atoms with van der Waals surface area (Å²) in [6.45, 7) is 0.422. The van der Waals surface area contributed by atoms with Gasteiger partial charge in [-0.25, -0.2) is 4.79 Å². The number of rotatable bonds is 4. The van der Waals surface area contributed by atoms with Crippen LogP contribution in [0.5, 0.6) is 0 Å². The van der Waals surface area contributed by atoms with Crippen LogP contribution in [-0.4, -0.2) is 17.0 Å². The Hall–Kier alpha value is -1.84. The third kappa shape index (κ3) is 2.04. The van der Waals surface area contributed by atoms with E-state index in [0.717, 1.165) is 17.4 Å². The minimum atomic E-state index is -0.934. The van der Waals surface area contributed by atoms with Gasteiger partial charge in [0, 0.05) is 12.5 Å². The van der Waals surface area contributed by atoms with Crippen LogP contribution in [0.15, 0.2) is 24.3 Å². The van der Waals surface area contributed by atoms with Crippen molar-refractivity contribution in [3.8, 4) is 0 Å². The highest BCUT2D eigenvalue weighted by Gasteiger charge is 2.67. The molecule has 0 radical (unpaired) electrons. The zero-order valence-electron chi connectivity index (χ0n) is 11.8. The van der Waals surface area contributed by atoms with Gasteiger partial charge in [0.15, 0.2) is 0 Å². The highest BCUT2D eigenvalue weighted by molar-refractivity contribution is 5.87. The molecule has 3 aliphatic carbocycles. The molecule has 110 valence electrons. The van der Waals surface area contributed by atoms with Gasteiger partial charge < -0.3 is 10.4 Å². The summed E-state index contributed by atoms with van der Waals surface area (Å²) in [7, 11) is 0. The van der Waals surface area contributed by atoms with Crippen molar-refractivity contribution in [2.75, 3.05) is 0 Å². The lowest BCUT2D eigenvalue weighted by Gasteiger charge is -2.10. The topological polar surface area (TPSA) is 66.4 Å². The normalized spacial score (nSPS) is 35.3. The third-order valence-corrected chi connectivity index (χ3v) is 5.68. The molecule has 3 aliphatic rings. The van der Waals surface area contributed by atoms with Crippen molar-refractivity contribution < 1.29 is 14.7 Å².